The predicted molar refractivity (Wildman–Crippen MR) is 74.2 cm³/mol. The molecule has 1 aromatic rings. The van der Waals surface area contributed by atoms with Gasteiger partial charge in [-0.15, -0.1) is 6.58 Å². The molecule has 0 spiro atoms. The largest absolute Gasteiger partial charge is 0.381 e. The molecule has 5 heteroatoms. The summed E-state index contributed by atoms with van der Waals surface area (Å²) in [4.78, 5) is 15.7. The molecule has 1 aliphatic heterocycles. The number of carbonyl (C=O) groups excluding carboxylic acids is 1. The molecular weight excluding hydrogens is 242 g/mol. The van der Waals surface area contributed by atoms with Gasteiger partial charge < -0.3 is 15.4 Å². The molecule has 0 radical (unpaired) electrons. The number of carbonyl (C=O) groups is 1. The zero-order valence-corrected chi connectivity index (χ0v) is 10.9. The van der Waals surface area contributed by atoms with Crippen LogP contribution in [0.3, 0.4) is 0 Å². The van der Waals surface area contributed by atoms with Crippen molar-refractivity contribution in [1.82, 2.24) is 10.3 Å². The van der Waals surface area contributed by atoms with E-state index in [1.807, 2.05) is 6.07 Å². The molecule has 102 valence electrons. The number of amides is 1. The lowest BCUT2D eigenvalue weighted by Crippen LogP contribution is -2.24. The number of hydrogen-bond acceptors (Lipinski definition) is 4. The van der Waals surface area contributed by atoms with Crippen molar-refractivity contribution in [2.75, 3.05) is 25.0 Å². The van der Waals surface area contributed by atoms with Crippen LogP contribution in [0.4, 0.5) is 5.69 Å². The molecule has 2 rings (SSSR count). The first kappa shape index (κ1) is 13.5. The second kappa shape index (κ2) is 6.89. The fraction of sp³-hybridized carbons (Fsp3) is 0.429. The van der Waals surface area contributed by atoms with Crippen molar-refractivity contribution in [3.05, 3.63) is 36.7 Å². The number of nitrogens with zero attached hydrogens (tertiary/aromatic N) is 1. The Morgan fingerprint density at radius 3 is 3.11 bits per heavy atom. The number of hydrogen-bond donors (Lipinski definition) is 2. The highest BCUT2D eigenvalue weighted by atomic mass is 16.5. The van der Waals surface area contributed by atoms with Gasteiger partial charge in [0.2, 0.25) is 0 Å². The van der Waals surface area contributed by atoms with Crippen molar-refractivity contribution >= 4 is 11.6 Å². The Bertz CT molecular complexity index is 425. The maximum absolute atomic E-state index is 11.6. The van der Waals surface area contributed by atoms with Gasteiger partial charge in [0.05, 0.1) is 18.0 Å². The molecule has 1 saturated heterocycles. The monoisotopic (exact) mass is 261 g/mol. The minimum Gasteiger partial charge on any atom is -0.381 e. The third-order valence-electron chi connectivity index (χ3n) is 2.96. The number of rotatable bonds is 6. The van der Waals surface area contributed by atoms with Crippen LogP contribution >= 0.6 is 0 Å². The Kier molecular flexibility index (Phi) is 4.92. The van der Waals surface area contributed by atoms with Crippen LogP contribution in [0.15, 0.2) is 31.0 Å². The van der Waals surface area contributed by atoms with Crippen molar-refractivity contribution in [2.45, 2.75) is 18.9 Å². The minimum atomic E-state index is -0.189. The molecule has 0 aromatic carbocycles. The van der Waals surface area contributed by atoms with Gasteiger partial charge in [-0.05, 0) is 25.0 Å². The summed E-state index contributed by atoms with van der Waals surface area (Å²) in [7, 11) is 0. The van der Waals surface area contributed by atoms with Crippen LogP contribution in [0.25, 0.3) is 0 Å². The topological polar surface area (TPSA) is 63.2 Å². The summed E-state index contributed by atoms with van der Waals surface area (Å²) >= 11 is 0. The van der Waals surface area contributed by atoms with E-state index in [2.05, 4.69) is 22.2 Å². The van der Waals surface area contributed by atoms with Gasteiger partial charge in [-0.25, -0.2) is 4.98 Å². The van der Waals surface area contributed by atoms with E-state index in [0.29, 0.717) is 12.2 Å². The normalized spacial score (nSPS) is 18.0. The van der Waals surface area contributed by atoms with E-state index >= 15 is 0 Å². The Morgan fingerprint density at radius 2 is 2.47 bits per heavy atom. The molecule has 0 bridgehead atoms. The average molecular weight is 261 g/mol. The average Bonchev–Trinajstić information content (AvgIpc) is 2.96. The molecule has 5 nitrogen and oxygen atoms in total. The van der Waals surface area contributed by atoms with Crippen molar-refractivity contribution < 1.29 is 9.53 Å². The molecule has 1 fully saturated rings. The van der Waals surface area contributed by atoms with Crippen molar-refractivity contribution in [1.29, 1.82) is 0 Å². The lowest BCUT2D eigenvalue weighted by atomic mass is 10.2. The maximum Gasteiger partial charge on any atom is 0.270 e. The highest BCUT2D eigenvalue weighted by Crippen LogP contribution is 2.13. The van der Waals surface area contributed by atoms with E-state index in [4.69, 9.17) is 4.74 Å². The Hall–Kier alpha value is -1.88. The number of anilines is 1. The van der Waals surface area contributed by atoms with E-state index in [1.54, 1.807) is 18.3 Å². The van der Waals surface area contributed by atoms with Crippen LogP contribution in [-0.4, -0.2) is 36.7 Å². The molecular formula is C14H19N3O2. The maximum atomic E-state index is 11.6. The van der Waals surface area contributed by atoms with Crippen molar-refractivity contribution in [2.24, 2.45) is 0 Å². The summed E-state index contributed by atoms with van der Waals surface area (Å²) in [5.41, 5.74) is 1.31. The molecule has 1 unspecified atom stereocenters. The molecule has 1 aliphatic rings. The van der Waals surface area contributed by atoms with Crippen molar-refractivity contribution in [3.8, 4) is 0 Å². The molecule has 1 aromatic heterocycles. The van der Waals surface area contributed by atoms with Crippen LogP contribution in [0.2, 0.25) is 0 Å². The summed E-state index contributed by atoms with van der Waals surface area (Å²) < 4.78 is 5.52. The number of aromatic nitrogens is 1. The first-order chi connectivity index (χ1) is 9.29. The lowest BCUT2D eigenvalue weighted by molar-refractivity contribution is 0.0953. The second-order valence-corrected chi connectivity index (χ2v) is 4.45. The Balaban J connectivity index is 1.83. The molecule has 0 saturated carbocycles. The van der Waals surface area contributed by atoms with Crippen molar-refractivity contribution in [3.63, 3.8) is 0 Å². The van der Waals surface area contributed by atoms with E-state index in [-0.39, 0.29) is 12.0 Å². The molecule has 1 atom stereocenters. The highest BCUT2D eigenvalue weighted by Gasteiger charge is 2.14. The van der Waals surface area contributed by atoms with E-state index in [1.165, 1.54) is 0 Å². The van der Waals surface area contributed by atoms with E-state index in [0.717, 1.165) is 31.7 Å². The van der Waals surface area contributed by atoms with Crippen LogP contribution in [0, 0.1) is 0 Å². The highest BCUT2D eigenvalue weighted by molar-refractivity contribution is 5.92. The number of ether oxygens (including phenoxy) is 1. The number of nitrogens with one attached hydrogen (secondary N) is 2. The van der Waals surface area contributed by atoms with Gasteiger partial charge in [0.1, 0.15) is 5.69 Å². The lowest BCUT2D eigenvalue weighted by Gasteiger charge is -2.11. The van der Waals surface area contributed by atoms with Crippen LogP contribution in [0.5, 0.6) is 0 Å². The molecule has 0 aliphatic carbocycles. The van der Waals surface area contributed by atoms with Gasteiger partial charge in [-0.3, -0.25) is 4.79 Å². The van der Waals surface area contributed by atoms with Crippen LogP contribution in [0.1, 0.15) is 23.3 Å². The summed E-state index contributed by atoms with van der Waals surface area (Å²) in [6.45, 7) is 5.63. The third kappa shape index (κ3) is 4.06. The van der Waals surface area contributed by atoms with Crippen LogP contribution < -0.4 is 10.6 Å². The van der Waals surface area contributed by atoms with Gasteiger partial charge in [-0.2, -0.15) is 0 Å². The smallest absolute Gasteiger partial charge is 0.270 e. The van der Waals surface area contributed by atoms with Gasteiger partial charge in [0, 0.05) is 19.7 Å². The fourth-order valence-corrected chi connectivity index (χ4v) is 1.93. The predicted octanol–water partition coefficient (Wildman–Crippen LogP) is 1.59. The first-order valence-corrected chi connectivity index (χ1v) is 6.50. The molecule has 19 heavy (non-hydrogen) atoms. The first-order valence-electron chi connectivity index (χ1n) is 6.50. The van der Waals surface area contributed by atoms with Gasteiger partial charge in [0.15, 0.2) is 0 Å². The van der Waals surface area contributed by atoms with E-state index < -0.39 is 0 Å². The second-order valence-electron chi connectivity index (χ2n) is 4.45. The summed E-state index contributed by atoms with van der Waals surface area (Å²) in [6.07, 6.45) is 5.82. The van der Waals surface area contributed by atoms with Gasteiger partial charge in [0.25, 0.3) is 5.91 Å². The molecule has 2 heterocycles. The van der Waals surface area contributed by atoms with Gasteiger partial charge >= 0.3 is 0 Å². The minimum absolute atomic E-state index is 0.189. The zero-order valence-electron chi connectivity index (χ0n) is 10.9. The summed E-state index contributed by atoms with van der Waals surface area (Å²) in [5, 5.41) is 5.95. The van der Waals surface area contributed by atoms with Crippen LogP contribution in [-0.2, 0) is 4.74 Å². The van der Waals surface area contributed by atoms with E-state index in [9.17, 15) is 4.79 Å². The standard InChI is InChI=1S/C14H19N3O2/c1-2-7-15-14(18)13-6-5-11(9-17-13)16-10-12-4-3-8-19-12/h2,5-6,9,12,16H,1,3-4,7-8,10H2,(H,15,18). The quantitative estimate of drug-likeness (QED) is 0.763. The molecule has 2 N–H and O–H groups in total. The molecule has 1 amide bonds. The van der Waals surface area contributed by atoms with Gasteiger partial charge in [-0.1, -0.05) is 6.08 Å². The third-order valence-corrected chi connectivity index (χ3v) is 2.96. The SMILES string of the molecule is C=CCNC(=O)c1ccc(NCC2CCCO2)cn1. The number of pyridine rings is 1. The summed E-state index contributed by atoms with van der Waals surface area (Å²) in [5.74, 6) is -0.189. The summed E-state index contributed by atoms with van der Waals surface area (Å²) in [6, 6.07) is 3.56. The Morgan fingerprint density at radius 1 is 1.58 bits per heavy atom. The fourth-order valence-electron chi connectivity index (χ4n) is 1.93. The Labute approximate surface area is 113 Å². The zero-order chi connectivity index (χ0) is 13.5.